The third-order valence-corrected chi connectivity index (χ3v) is 2.78. The molecule has 3 N–H and O–H groups in total. The van der Waals surface area contributed by atoms with Crippen molar-refractivity contribution in [3.05, 3.63) is 0 Å². The molecule has 5 nitrogen and oxygen atoms in total. The highest BCUT2D eigenvalue weighted by atomic mass is 16.5. The van der Waals surface area contributed by atoms with Gasteiger partial charge in [0.25, 0.3) is 0 Å². The number of hydrogen-bond acceptors (Lipinski definition) is 4. The van der Waals surface area contributed by atoms with Crippen LogP contribution in [0.5, 0.6) is 0 Å². The summed E-state index contributed by atoms with van der Waals surface area (Å²) in [6.07, 6.45) is 5.68. The molecule has 18 heavy (non-hydrogen) atoms. The first-order valence-corrected chi connectivity index (χ1v) is 6.73. The third-order valence-electron chi connectivity index (χ3n) is 2.78. The van der Waals surface area contributed by atoms with Gasteiger partial charge in [0.15, 0.2) is 0 Å². The van der Waals surface area contributed by atoms with E-state index in [0.29, 0.717) is 19.4 Å². The summed E-state index contributed by atoms with van der Waals surface area (Å²) in [5.41, 5.74) is 5.40. The number of carbonyl (C=O) groups is 2. The first-order valence-electron chi connectivity index (χ1n) is 6.73. The molecule has 5 heteroatoms. The number of esters is 1. The second-order valence-corrected chi connectivity index (χ2v) is 4.38. The highest BCUT2D eigenvalue weighted by molar-refractivity contribution is 5.84. The molecular formula is C13H26N2O3. The Morgan fingerprint density at radius 3 is 2.50 bits per heavy atom. The molecule has 0 aromatic rings. The Hall–Kier alpha value is -1.10. The summed E-state index contributed by atoms with van der Waals surface area (Å²) < 4.78 is 4.68. The SMILES string of the molecule is CCCCCC(=O)N[C@@H](CCCCN)C(=O)OC. The van der Waals surface area contributed by atoms with Gasteiger partial charge in [-0.15, -0.1) is 0 Å². The molecule has 0 spiro atoms. The van der Waals surface area contributed by atoms with Crippen molar-refractivity contribution in [2.45, 2.75) is 57.9 Å². The minimum absolute atomic E-state index is 0.0772. The summed E-state index contributed by atoms with van der Waals surface area (Å²) in [7, 11) is 1.33. The van der Waals surface area contributed by atoms with Crippen LogP contribution in [0.2, 0.25) is 0 Å². The highest BCUT2D eigenvalue weighted by Gasteiger charge is 2.20. The number of nitrogens with one attached hydrogen (secondary N) is 1. The number of rotatable bonds is 10. The fourth-order valence-corrected chi connectivity index (χ4v) is 1.69. The van der Waals surface area contributed by atoms with E-state index in [1.807, 2.05) is 0 Å². The Kier molecular flexibility index (Phi) is 10.3. The fraction of sp³-hybridized carbons (Fsp3) is 0.846. The second kappa shape index (κ2) is 11.0. The number of ether oxygens (including phenoxy) is 1. The number of nitrogens with two attached hydrogens (primary N) is 1. The number of amides is 1. The minimum atomic E-state index is -0.532. The maximum Gasteiger partial charge on any atom is 0.328 e. The van der Waals surface area contributed by atoms with Crippen molar-refractivity contribution in [2.75, 3.05) is 13.7 Å². The van der Waals surface area contributed by atoms with E-state index in [1.165, 1.54) is 7.11 Å². The Balaban J connectivity index is 4.05. The standard InChI is InChI=1S/C13H26N2O3/c1-3-4-5-9-12(16)15-11(13(17)18-2)8-6-7-10-14/h11H,3-10,14H2,1-2H3,(H,15,16)/t11-/m0/s1. The summed E-state index contributed by atoms with van der Waals surface area (Å²) in [6, 6.07) is -0.532. The van der Waals surface area contributed by atoms with Gasteiger partial charge in [-0.25, -0.2) is 4.79 Å². The zero-order chi connectivity index (χ0) is 13.8. The van der Waals surface area contributed by atoms with E-state index in [-0.39, 0.29) is 11.9 Å². The van der Waals surface area contributed by atoms with Gasteiger partial charge in [0.05, 0.1) is 7.11 Å². The van der Waals surface area contributed by atoms with Crippen molar-refractivity contribution in [1.82, 2.24) is 5.32 Å². The largest absolute Gasteiger partial charge is 0.467 e. The molecule has 0 rings (SSSR count). The van der Waals surface area contributed by atoms with Gasteiger partial charge in [-0.05, 0) is 32.2 Å². The lowest BCUT2D eigenvalue weighted by molar-refractivity contribution is -0.145. The molecule has 1 amide bonds. The average molecular weight is 258 g/mol. The maximum absolute atomic E-state index is 11.6. The van der Waals surface area contributed by atoms with Crippen molar-refractivity contribution in [3.63, 3.8) is 0 Å². The fourth-order valence-electron chi connectivity index (χ4n) is 1.69. The lowest BCUT2D eigenvalue weighted by atomic mass is 10.1. The Labute approximate surface area is 109 Å². The quantitative estimate of drug-likeness (QED) is 0.458. The summed E-state index contributed by atoms with van der Waals surface area (Å²) in [5.74, 6) is -0.456. The van der Waals surface area contributed by atoms with Crippen molar-refractivity contribution < 1.29 is 14.3 Å². The topological polar surface area (TPSA) is 81.4 Å². The van der Waals surface area contributed by atoms with Crippen LogP contribution in [0.15, 0.2) is 0 Å². The molecule has 1 atom stereocenters. The Bertz CT molecular complexity index is 244. The molecular weight excluding hydrogens is 232 g/mol. The number of carbonyl (C=O) groups excluding carboxylic acids is 2. The number of unbranched alkanes of at least 4 members (excludes halogenated alkanes) is 3. The van der Waals surface area contributed by atoms with E-state index in [1.54, 1.807) is 0 Å². The van der Waals surface area contributed by atoms with Crippen LogP contribution in [0.4, 0.5) is 0 Å². The molecule has 0 aliphatic heterocycles. The molecule has 0 radical (unpaired) electrons. The van der Waals surface area contributed by atoms with Gasteiger partial charge < -0.3 is 15.8 Å². The van der Waals surface area contributed by atoms with E-state index in [2.05, 4.69) is 17.0 Å². The summed E-state index contributed by atoms with van der Waals surface area (Å²) in [4.78, 5) is 23.1. The van der Waals surface area contributed by atoms with Crippen LogP contribution in [0.1, 0.15) is 51.9 Å². The van der Waals surface area contributed by atoms with E-state index in [9.17, 15) is 9.59 Å². The molecule has 0 aliphatic rings. The lowest BCUT2D eigenvalue weighted by Gasteiger charge is -2.16. The van der Waals surface area contributed by atoms with Crippen LogP contribution in [0.3, 0.4) is 0 Å². The molecule has 0 saturated carbocycles. The average Bonchev–Trinajstić information content (AvgIpc) is 2.37. The summed E-state index contributed by atoms with van der Waals surface area (Å²) in [6.45, 7) is 2.68. The number of hydrogen-bond donors (Lipinski definition) is 2. The zero-order valence-corrected chi connectivity index (χ0v) is 11.5. The Morgan fingerprint density at radius 1 is 1.22 bits per heavy atom. The van der Waals surface area contributed by atoms with Gasteiger partial charge in [-0.3, -0.25) is 4.79 Å². The predicted octanol–water partition coefficient (Wildman–Crippen LogP) is 1.35. The van der Waals surface area contributed by atoms with Crippen LogP contribution < -0.4 is 11.1 Å². The van der Waals surface area contributed by atoms with Gasteiger partial charge in [0, 0.05) is 6.42 Å². The van der Waals surface area contributed by atoms with Crippen LogP contribution in [-0.4, -0.2) is 31.6 Å². The first-order chi connectivity index (χ1) is 8.65. The minimum Gasteiger partial charge on any atom is -0.467 e. The summed E-state index contributed by atoms with van der Waals surface area (Å²) in [5, 5.41) is 2.73. The van der Waals surface area contributed by atoms with Crippen LogP contribution in [0.25, 0.3) is 0 Å². The highest BCUT2D eigenvalue weighted by Crippen LogP contribution is 2.04. The Morgan fingerprint density at radius 2 is 1.94 bits per heavy atom. The van der Waals surface area contributed by atoms with Gasteiger partial charge in [-0.1, -0.05) is 19.8 Å². The van der Waals surface area contributed by atoms with Gasteiger partial charge in [-0.2, -0.15) is 0 Å². The van der Waals surface area contributed by atoms with E-state index in [4.69, 9.17) is 5.73 Å². The van der Waals surface area contributed by atoms with E-state index < -0.39 is 6.04 Å². The smallest absolute Gasteiger partial charge is 0.328 e. The van der Waals surface area contributed by atoms with E-state index in [0.717, 1.165) is 32.1 Å². The van der Waals surface area contributed by atoms with Crippen molar-refractivity contribution >= 4 is 11.9 Å². The molecule has 0 aromatic heterocycles. The van der Waals surface area contributed by atoms with Crippen molar-refractivity contribution in [3.8, 4) is 0 Å². The third kappa shape index (κ3) is 8.06. The second-order valence-electron chi connectivity index (χ2n) is 4.38. The van der Waals surface area contributed by atoms with E-state index >= 15 is 0 Å². The molecule has 0 heterocycles. The normalized spacial score (nSPS) is 11.9. The monoisotopic (exact) mass is 258 g/mol. The molecule has 0 bridgehead atoms. The molecule has 0 aliphatic carbocycles. The first kappa shape index (κ1) is 16.9. The predicted molar refractivity (Wildman–Crippen MR) is 71.0 cm³/mol. The van der Waals surface area contributed by atoms with Crippen molar-refractivity contribution in [2.24, 2.45) is 5.73 Å². The maximum atomic E-state index is 11.6. The van der Waals surface area contributed by atoms with Crippen LogP contribution in [0, 0.1) is 0 Å². The molecule has 106 valence electrons. The molecule has 0 saturated heterocycles. The van der Waals surface area contributed by atoms with Crippen LogP contribution >= 0.6 is 0 Å². The zero-order valence-electron chi connectivity index (χ0n) is 11.5. The molecule has 0 unspecified atom stereocenters. The number of methoxy groups -OCH3 is 1. The van der Waals surface area contributed by atoms with Crippen molar-refractivity contribution in [1.29, 1.82) is 0 Å². The van der Waals surface area contributed by atoms with Gasteiger partial charge >= 0.3 is 5.97 Å². The van der Waals surface area contributed by atoms with Gasteiger partial charge in [0.1, 0.15) is 6.04 Å². The summed E-state index contributed by atoms with van der Waals surface area (Å²) >= 11 is 0. The molecule has 0 aromatic carbocycles. The lowest BCUT2D eigenvalue weighted by Crippen LogP contribution is -2.41. The van der Waals surface area contributed by atoms with Crippen LogP contribution in [-0.2, 0) is 14.3 Å². The molecule has 0 fully saturated rings. The van der Waals surface area contributed by atoms with Gasteiger partial charge in [0.2, 0.25) is 5.91 Å².